The van der Waals surface area contributed by atoms with Gasteiger partial charge in [0.1, 0.15) is 17.4 Å². The number of allylic oxidation sites excluding steroid dienone is 2. The molecule has 0 bridgehead atoms. The number of halogens is 1. The number of carbonyl (C=O) groups excluding carboxylic acids is 1. The molecule has 1 aromatic carbocycles. The molecule has 1 aliphatic carbocycles. The predicted molar refractivity (Wildman–Crippen MR) is 96.6 cm³/mol. The first-order valence-electron chi connectivity index (χ1n) is 8.22. The van der Waals surface area contributed by atoms with Crippen molar-refractivity contribution in [2.75, 3.05) is 13.9 Å². The highest BCUT2D eigenvalue weighted by Gasteiger charge is 2.46. The van der Waals surface area contributed by atoms with E-state index < -0.39 is 23.4 Å². The SMILES string of the molecule is COCOC1=C(c2ccccc2)C=CC(F)(CC(C)(C)OC(N)=O)C1N. The Balaban J connectivity index is 2.37. The van der Waals surface area contributed by atoms with Gasteiger partial charge in [-0.2, -0.15) is 0 Å². The minimum Gasteiger partial charge on any atom is -0.469 e. The van der Waals surface area contributed by atoms with Crippen LogP contribution in [0.2, 0.25) is 0 Å². The summed E-state index contributed by atoms with van der Waals surface area (Å²) in [6.45, 7) is 3.09. The van der Waals surface area contributed by atoms with Gasteiger partial charge in [0, 0.05) is 19.1 Å². The van der Waals surface area contributed by atoms with Crippen molar-refractivity contribution in [3.05, 3.63) is 53.8 Å². The second kappa shape index (κ2) is 7.88. The molecule has 1 amide bonds. The summed E-state index contributed by atoms with van der Waals surface area (Å²) in [6, 6.07) is 8.29. The Morgan fingerprint density at radius 1 is 1.31 bits per heavy atom. The van der Waals surface area contributed by atoms with Crippen LogP contribution in [0.3, 0.4) is 0 Å². The molecule has 0 spiro atoms. The van der Waals surface area contributed by atoms with E-state index in [1.807, 2.05) is 30.3 Å². The van der Waals surface area contributed by atoms with Gasteiger partial charge in [0.2, 0.25) is 0 Å². The first-order valence-corrected chi connectivity index (χ1v) is 8.22. The third-order valence-electron chi connectivity index (χ3n) is 4.08. The van der Waals surface area contributed by atoms with Gasteiger partial charge < -0.3 is 25.7 Å². The van der Waals surface area contributed by atoms with Gasteiger partial charge in [-0.1, -0.05) is 36.4 Å². The van der Waals surface area contributed by atoms with E-state index in [0.29, 0.717) is 5.57 Å². The van der Waals surface area contributed by atoms with Crippen LogP contribution in [-0.4, -0.2) is 37.3 Å². The summed E-state index contributed by atoms with van der Waals surface area (Å²) in [7, 11) is 1.47. The van der Waals surface area contributed by atoms with E-state index in [9.17, 15) is 4.79 Å². The summed E-state index contributed by atoms with van der Waals surface area (Å²) in [5, 5.41) is 0. The summed E-state index contributed by atoms with van der Waals surface area (Å²) >= 11 is 0. The van der Waals surface area contributed by atoms with Crippen molar-refractivity contribution in [1.29, 1.82) is 0 Å². The van der Waals surface area contributed by atoms with Crippen LogP contribution in [-0.2, 0) is 14.2 Å². The van der Waals surface area contributed by atoms with Gasteiger partial charge in [-0.05, 0) is 25.5 Å². The van der Waals surface area contributed by atoms with Crippen LogP contribution in [0, 0.1) is 0 Å². The molecule has 0 aromatic heterocycles. The highest BCUT2D eigenvalue weighted by Crippen LogP contribution is 2.40. The van der Waals surface area contributed by atoms with E-state index in [0.717, 1.165) is 5.56 Å². The number of alkyl halides is 1. The zero-order chi connectivity index (χ0) is 19.4. The summed E-state index contributed by atoms with van der Waals surface area (Å²) in [5.41, 5.74) is 9.70. The number of methoxy groups -OCH3 is 1. The van der Waals surface area contributed by atoms with Gasteiger partial charge in [0.05, 0.1) is 0 Å². The van der Waals surface area contributed by atoms with E-state index in [-0.39, 0.29) is 19.0 Å². The lowest BCUT2D eigenvalue weighted by Gasteiger charge is -2.38. The van der Waals surface area contributed by atoms with E-state index in [1.54, 1.807) is 19.9 Å². The molecule has 1 aromatic rings. The van der Waals surface area contributed by atoms with Crippen LogP contribution in [0.5, 0.6) is 0 Å². The number of primary amides is 1. The first kappa shape index (κ1) is 19.9. The second-order valence-electron chi connectivity index (χ2n) is 6.79. The molecule has 2 unspecified atom stereocenters. The van der Waals surface area contributed by atoms with Crippen LogP contribution in [0.15, 0.2) is 48.2 Å². The monoisotopic (exact) mass is 364 g/mol. The Bertz CT molecular complexity index is 703. The van der Waals surface area contributed by atoms with Crippen molar-refractivity contribution >= 4 is 11.7 Å². The van der Waals surface area contributed by atoms with E-state index >= 15 is 4.39 Å². The number of benzene rings is 1. The Kier molecular flexibility index (Phi) is 6.05. The van der Waals surface area contributed by atoms with Crippen LogP contribution >= 0.6 is 0 Å². The maximum Gasteiger partial charge on any atom is 0.405 e. The molecule has 7 heteroatoms. The molecule has 2 atom stereocenters. The van der Waals surface area contributed by atoms with E-state index in [4.69, 9.17) is 25.7 Å². The van der Waals surface area contributed by atoms with Gasteiger partial charge in [-0.15, -0.1) is 0 Å². The normalized spacial score (nSPS) is 23.0. The largest absolute Gasteiger partial charge is 0.469 e. The minimum absolute atomic E-state index is 0.0650. The zero-order valence-electron chi connectivity index (χ0n) is 15.2. The lowest BCUT2D eigenvalue weighted by molar-refractivity contribution is -0.0260. The maximum atomic E-state index is 15.7. The Morgan fingerprint density at radius 3 is 2.54 bits per heavy atom. The molecule has 142 valence electrons. The highest BCUT2D eigenvalue weighted by molar-refractivity contribution is 5.78. The number of carbonyl (C=O) groups is 1. The lowest BCUT2D eigenvalue weighted by Crippen LogP contribution is -2.51. The molecule has 6 nitrogen and oxygen atoms in total. The number of hydrogen-bond donors (Lipinski definition) is 2. The molecule has 2 rings (SSSR count). The van der Waals surface area contributed by atoms with Crippen LogP contribution in [0.4, 0.5) is 9.18 Å². The fraction of sp³-hybridized carbons (Fsp3) is 0.421. The minimum atomic E-state index is -1.99. The highest BCUT2D eigenvalue weighted by atomic mass is 19.1. The second-order valence-corrected chi connectivity index (χ2v) is 6.79. The quantitative estimate of drug-likeness (QED) is 0.725. The summed E-state index contributed by atoms with van der Waals surface area (Å²) in [6.07, 6.45) is 1.86. The van der Waals surface area contributed by atoms with Crippen molar-refractivity contribution in [1.82, 2.24) is 0 Å². The fourth-order valence-corrected chi connectivity index (χ4v) is 3.07. The van der Waals surface area contributed by atoms with E-state index in [1.165, 1.54) is 13.2 Å². The smallest absolute Gasteiger partial charge is 0.405 e. The maximum absolute atomic E-state index is 15.7. The molecular weight excluding hydrogens is 339 g/mol. The predicted octanol–water partition coefficient (Wildman–Crippen LogP) is 2.89. The first-order chi connectivity index (χ1) is 12.2. The molecular formula is C19H25FN2O4. The van der Waals surface area contributed by atoms with Crippen LogP contribution < -0.4 is 11.5 Å². The average Bonchev–Trinajstić information content (AvgIpc) is 2.55. The Hall–Kier alpha value is -2.38. The topological polar surface area (TPSA) is 96.8 Å². The van der Waals surface area contributed by atoms with Gasteiger partial charge in [0.25, 0.3) is 0 Å². The number of amides is 1. The van der Waals surface area contributed by atoms with Gasteiger partial charge >= 0.3 is 6.09 Å². The number of rotatable bonds is 7. The number of nitrogens with two attached hydrogens (primary N) is 2. The van der Waals surface area contributed by atoms with Crippen molar-refractivity contribution in [2.24, 2.45) is 11.5 Å². The number of ether oxygens (including phenoxy) is 3. The molecule has 1 aliphatic rings. The van der Waals surface area contributed by atoms with Crippen molar-refractivity contribution in [3.63, 3.8) is 0 Å². The molecule has 0 fully saturated rings. The van der Waals surface area contributed by atoms with Crippen molar-refractivity contribution < 1.29 is 23.4 Å². The van der Waals surface area contributed by atoms with E-state index in [2.05, 4.69) is 0 Å². The molecule has 26 heavy (non-hydrogen) atoms. The lowest BCUT2D eigenvalue weighted by atomic mass is 9.79. The third kappa shape index (κ3) is 4.62. The molecule has 0 radical (unpaired) electrons. The standard InChI is InChI=1S/C19H25FN2O4/c1-18(2,26-17(22)23)11-19(20)10-9-14(13-7-5-4-6-8-13)15(16(19)21)25-12-24-3/h4-10,16H,11-12,21H2,1-3H3,(H2,22,23). The average molecular weight is 364 g/mol. The fourth-order valence-electron chi connectivity index (χ4n) is 3.07. The zero-order valence-corrected chi connectivity index (χ0v) is 15.2. The Labute approximate surface area is 152 Å². The summed E-state index contributed by atoms with van der Waals surface area (Å²) < 4.78 is 31.3. The summed E-state index contributed by atoms with van der Waals surface area (Å²) in [4.78, 5) is 11.1. The molecule has 0 aliphatic heterocycles. The molecule has 0 heterocycles. The van der Waals surface area contributed by atoms with Crippen molar-refractivity contribution in [3.8, 4) is 0 Å². The van der Waals surface area contributed by atoms with Gasteiger partial charge in [0.15, 0.2) is 12.5 Å². The number of hydrogen-bond acceptors (Lipinski definition) is 5. The van der Waals surface area contributed by atoms with Crippen molar-refractivity contribution in [2.45, 2.75) is 37.6 Å². The molecule has 0 saturated heterocycles. The molecule has 0 saturated carbocycles. The molecule has 4 N–H and O–H groups in total. The van der Waals surface area contributed by atoms with Crippen LogP contribution in [0.25, 0.3) is 5.57 Å². The van der Waals surface area contributed by atoms with Gasteiger partial charge in [-0.25, -0.2) is 9.18 Å². The third-order valence-corrected chi connectivity index (χ3v) is 4.08. The summed E-state index contributed by atoms with van der Waals surface area (Å²) in [5.74, 6) is 0.276. The van der Waals surface area contributed by atoms with Gasteiger partial charge in [-0.3, -0.25) is 0 Å². The Morgan fingerprint density at radius 2 is 1.96 bits per heavy atom. The van der Waals surface area contributed by atoms with Crippen LogP contribution in [0.1, 0.15) is 25.8 Å².